The van der Waals surface area contributed by atoms with Crippen LogP contribution in [0.3, 0.4) is 0 Å². The first-order valence-corrected chi connectivity index (χ1v) is 14.9. The van der Waals surface area contributed by atoms with Gasteiger partial charge in [-0.25, -0.2) is 0 Å². The summed E-state index contributed by atoms with van der Waals surface area (Å²) in [4.78, 5) is 0. The number of alkyl halides is 1. The molecule has 0 aliphatic rings. The Labute approximate surface area is 231 Å². The molecule has 1 aromatic rings. The van der Waals surface area contributed by atoms with E-state index < -0.39 is 0 Å². The number of hydrogen-bond donors (Lipinski definition) is 0. The molecule has 0 fully saturated rings. The summed E-state index contributed by atoms with van der Waals surface area (Å²) >= 11 is 9.20. The number of halogens is 3. The van der Waals surface area contributed by atoms with Crippen molar-refractivity contribution in [2.24, 2.45) is 0 Å². The lowest BCUT2D eigenvalue weighted by molar-refractivity contribution is -0.927. The fourth-order valence-corrected chi connectivity index (χ4v) is 6.08. The van der Waals surface area contributed by atoms with Crippen LogP contribution in [0.15, 0.2) is 24.3 Å². The van der Waals surface area contributed by atoms with E-state index in [1.54, 1.807) is 0 Å². The van der Waals surface area contributed by atoms with E-state index in [9.17, 15) is 0 Å². The Morgan fingerprint density at radius 3 is 1.73 bits per heavy atom. The van der Waals surface area contributed by atoms with E-state index >= 15 is 0 Å². The number of benzene rings is 1. The summed E-state index contributed by atoms with van der Waals surface area (Å²) in [5, 5.41) is 0.889. The van der Waals surface area contributed by atoms with Crippen molar-refractivity contribution in [3.8, 4) is 12.3 Å². The first kappa shape index (κ1) is 33.0. The van der Waals surface area contributed by atoms with Crippen LogP contribution in [0.1, 0.15) is 109 Å². The molecule has 0 N–H and O–H groups in total. The quantitative estimate of drug-likeness (QED) is 0.0391. The van der Waals surface area contributed by atoms with Crippen LogP contribution in [0.4, 0.5) is 0 Å². The summed E-state index contributed by atoms with van der Waals surface area (Å²) in [5.41, 5.74) is 1.26. The van der Waals surface area contributed by atoms with Crippen molar-refractivity contribution in [2.75, 3.05) is 19.6 Å². The third kappa shape index (κ3) is 14.3. The molecule has 190 valence electrons. The number of rotatable bonds is 20. The molecule has 0 aliphatic heterocycles. The molecule has 1 unspecified atom stereocenters. The molecule has 0 radical (unpaired) electrons. The van der Waals surface area contributed by atoms with Gasteiger partial charge in [0.05, 0.1) is 13.1 Å². The van der Waals surface area contributed by atoms with Crippen molar-refractivity contribution in [1.82, 2.24) is 0 Å². The number of unbranched alkanes of at least 4 members (excludes halogenated alkanes) is 12. The summed E-state index contributed by atoms with van der Waals surface area (Å²) in [6.45, 7) is 7.81. The highest BCUT2D eigenvalue weighted by atomic mass is 127. The van der Waals surface area contributed by atoms with Gasteiger partial charge in [-0.15, -0.1) is 6.42 Å². The normalized spacial score (nSPS) is 12.2. The van der Waals surface area contributed by atoms with Gasteiger partial charge in [0.15, 0.2) is 0 Å². The second-order valence-corrected chi connectivity index (χ2v) is 11.3. The molecule has 1 atom stereocenters. The van der Waals surface area contributed by atoms with Gasteiger partial charge in [0, 0.05) is 11.4 Å². The Hall–Kier alpha value is 0.0500. The minimum absolute atomic E-state index is 0. The van der Waals surface area contributed by atoms with Gasteiger partial charge in [-0.05, 0) is 65.8 Å². The van der Waals surface area contributed by atoms with E-state index in [1.807, 2.05) is 12.1 Å². The lowest BCUT2D eigenvalue weighted by Gasteiger charge is -2.42. The van der Waals surface area contributed by atoms with Crippen LogP contribution >= 0.6 is 34.2 Å². The van der Waals surface area contributed by atoms with Crippen molar-refractivity contribution in [2.45, 2.75) is 114 Å². The third-order valence-electron chi connectivity index (χ3n) is 6.76. The Bertz CT molecular complexity index is 610. The first-order chi connectivity index (χ1) is 15.6. The van der Waals surface area contributed by atoms with Crippen molar-refractivity contribution in [1.29, 1.82) is 0 Å². The zero-order chi connectivity index (χ0) is 23.5. The smallest absolute Gasteiger partial charge is 0.144 e. The van der Waals surface area contributed by atoms with Gasteiger partial charge in [0.2, 0.25) is 0 Å². The molecule has 33 heavy (non-hydrogen) atoms. The molecule has 0 saturated carbocycles. The van der Waals surface area contributed by atoms with Crippen LogP contribution in [0.25, 0.3) is 0 Å². The van der Waals surface area contributed by atoms with E-state index in [0.717, 1.165) is 22.5 Å². The monoisotopic (exact) mass is 607 g/mol. The maximum absolute atomic E-state index is 6.52. The summed E-state index contributed by atoms with van der Waals surface area (Å²) in [6.07, 6.45) is 25.8. The molecule has 1 nitrogen and oxygen atoms in total. The maximum Gasteiger partial charge on any atom is 0.144 e. The number of nitrogens with zero attached hydrogens (tertiary/aromatic N) is 1. The fraction of sp³-hybridized carbons (Fsp3) is 0.724. The van der Waals surface area contributed by atoms with Gasteiger partial charge in [0.1, 0.15) is 10.6 Å². The van der Waals surface area contributed by atoms with E-state index in [-0.39, 0.29) is 12.4 Å². The minimum atomic E-state index is 0. The Balaban J connectivity index is 0.0000102. The average Bonchev–Trinajstić information content (AvgIpc) is 2.79. The zero-order valence-corrected chi connectivity index (χ0v) is 24.9. The van der Waals surface area contributed by atoms with E-state index in [2.05, 4.69) is 54.5 Å². The highest BCUT2D eigenvalue weighted by molar-refractivity contribution is 14.1. The Kier molecular flexibility index (Phi) is 21.4. The lowest BCUT2D eigenvalue weighted by Crippen LogP contribution is -3.00. The number of terminal acetylenes is 1. The van der Waals surface area contributed by atoms with E-state index in [0.29, 0.717) is 4.05 Å². The number of hydrogen-bond acceptors (Lipinski definition) is 0. The van der Waals surface area contributed by atoms with Gasteiger partial charge in [-0.1, -0.05) is 108 Å². The van der Waals surface area contributed by atoms with Gasteiger partial charge in [0.25, 0.3) is 0 Å². The highest BCUT2D eigenvalue weighted by Gasteiger charge is 2.34. The van der Waals surface area contributed by atoms with Crippen LogP contribution < -0.4 is 12.4 Å². The van der Waals surface area contributed by atoms with Crippen LogP contribution in [0.5, 0.6) is 0 Å². The van der Waals surface area contributed by atoms with Crippen LogP contribution in [-0.2, 0) is 6.42 Å². The van der Waals surface area contributed by atoms with Gasteiger partial charge in [-0.3, -0.25) is 0 Å². The molecular weight excluding hydrogens is 560 g/mol. The van der Waals surface area contributed by atoms with Gasteiger partial charge >= 0.3 is 0 Å². The van der Waals surface area contributed by atoms with E-state index in [4.69, 9.17) is 18.0 Å². The minimum Gasteiger partial charge on any atom is -1.00 e. The third-order valence-corrected chi connectivity index (χ3v) is 8.75. The summed E-state index contributed by atoms with van der Waals surface area (Å²) < 4.78 is 1.51. The molecule has 1 rings (SSSR count). The number of quaternary nitrogens is 1. The summed E-state index contributed by atoms with van der Waals surface area (Å²) in [7, 11) is 0. The molecule has 0 spiro atoms. The molecule has 0 aromatic heterocycles. The first-order valence-electron chi connectivity index (χ1n) is 13.3. The standard InChI is InChI=1S/C29H48ClIN.ClH/c1-4-7-9-11-13-15-19-24-32(23-6-3,25-20-16-14-12-10-8-5-2)29(31)26-27-21-17-18-22-28(27)30;/h3,17-18,21-22,29H,4-5,7-16,19-20,23-26H2,1-2H3;1H/q+1;/p-1. The molecule has 1 aromatic carbocycles. The summed E-state index contributed by atoms with van der Waals surface area (Å²) in [5.74, 6) is 3.06. The Morgan fingerprint density at radius 2 is 1.27 bits per heavy atom. The average molecular weight is 609 g/mol. The van der Waals surface area contributed by atoms with Crippen molar-refractivity contribution >= 4 is 34.2 Å². The van der Waals surface area contributed by atoms with Crippen molar-refractivity contribution in [3.05, 3.63) is 34.9 Å². The molecule has 0 heterocycles. The molecular formula is C29H48Cl2IN. The second-order valence-electron chi connectivity index (χ2n) is 9.50. The van der Waals surface area contributed by atoms with Crippen molar-refractivity contribution < 1.29 is 16.9 Å². The predicted molar refractivity (Wildman–Crippen MR) is 153 cm³/mol. The topological polar surface area (TPSA) is 0 Å². The van der Waals surface area contributed by atoms with Crippen LogP contribution in [0, 0.1) is 12.3 Å². The SMILES string of the molecule is C#CC[N+](CCCCCCCCC)(CCCCCCCCC)C(I)Cc1ccccc1Cl.[Cl-]. The van der Waals surface area contributed by atoms with Gasteiger partial charge < -0.3 is 16.9 Å². The second kappa shape index (κ2) is 21.3. The van der Waals surface area contributed by atoms with Crippen LogP contribution in [0.2, 0.25) is 5.02 Å². The highest BCUT2D eigenvalue weighted by Crippen LogP contribution is 2.29. The largest absolute Gasteiger partial charge is 1.00 e. The fourth-order valence-electron chi connectivity index (χ4n) is 4.64. The Morgan fingerprint density at radius 1 is 0.818 bits per heavy atom. The summed E-state index contributed by atoms with van der Waals surface area (Å²) in [6, 6.07) is 8.32. The molecule has 0 saturated heterocycles. The molecule has 0 aliphatic carbocycles. The molecule has 0 amide bonds. The van der Waals surface area contributed by atoms with Gasteiger partial charge in [-0.2, -0.15) is 0 Å². The maximum atomic E-state index is 6.52. The molecule has 0 bridgehead atoms. The van der Waals surface area contributed by atoms with Crippen molar-refractivity contribution in [3.63, 3.8) is 0 Å². The van der Waals surface area contributed by atoms with E-state index in [1.165, 1.54) is 109 Å². The zero-order valence-electron chi connectivity index (χ0n) is 21.3. The van der Waals surface area contributed by atoms with Crippen LogP contribution in [-0.4, -0.2) is 28.2 Å². The predicted octanol–water partition coefficient (Wildman–Crippen LogP) is 6.60. The lowest BCUT2D eigenvalue weighted by atomic mass is 10.1. The molecule has 4 heteroatoms.